The van der Waals surface area contributed by atoms with Crippen molar-refractivity contribution in [1.82, 2.24) is 0 Å². The van der Waals surface area contributed by atoms with E-state index in [1.165, 1.54) is 13.2 Å². The molecule has 154 valence electrons. The van der Waals surface area contributed by atoms with Crippen molar-refractivity contribution in [1.29, 1.82) is 0 Å². The van der Waals surface area contributed by atoms with Gasteiger partial charge in [0.25, 0.3) is 0 Å². The molecule has 2 aliphatic heterocycles. The van der Waals surface area contributed by atoms with Crippen LogP contribution in [-0.4, -0.2) is 24.0 Å². The summed E-state index contributed by atoms with van der Waals surface area (Å²) in [5, 5.41) is 9.95. The first-order valence-electron chi connectivity index (χ1n) is 9.79. The van der Waals surface area contributed by atoms with Gasteiger partial charge in [-0.3, -0.25) is 9.59 Å². The number of aromatic hydroxyl groups is 1. The lowest BCUT2D eigenvalue weighted by atomic mass is 9.84. The Morgan fingerprint density at radius 3 is 2.61 bits per heavy atom. The van der Waals surface area contributed by atoms with Crippen molar-refractivity contribution in [3.05, 3.63) is 88.7 Å². The summed E-state index contributed by atoms with van der Waals surface area (Å²) in [6.45, 7) is 0. The molecule has 3 aromatic carbocycles. The first kappa shape index (κ1) is 18.9. The molecule has 2 aliphatic rings. The van der Waals surface area contributed by atoms with Gasteiger partial charge in [0, 0.05) is 11.5 Å². The average Bonchev–Trinajstić information content (AvgIpc) is 3.09. The quantitative estimate of drug-likeness (QED) is 0.387. The molecule has 6 nitrogen and oxygen atoms in total. The number of carbonyl (C=O) groups excluding carboxylic acids is 2. The van der Waals surface area contributed by atoms with Gasteiger partial charge in [0.15, 0.2) is 17.3 Å². The van der Waals surface area contributed by atoms with E-state index in [1.807, 2.05) is 30.3 Å². The molecule has 0 fully saturated rings. The van der Waals surface area contributed by atoms with Crippen LogP contribution in [0.1, 0.15) is 39.4 Å². The first-order chi connectivity index (χ1) is 15.0. The highest BCUT2D eigenvalue weighted by molar-refractivity contribution is 6.15. The number of methoxy groups -OCH3 is 1. The minimum Gasteiger partial charge on any atom is -0.504 e. The van der Waals surface area contributed by atoms with Gasteiger partial charge in [0.2, 0.25) is 5.78 Å². The number of esters is 1. The van der Waals surface area contributed by atoms with E-state index >= 15 is 0 Å². The van der Waals surface area contributed by atoms with Gasteiger partial charge in [-0.15, -0.1) is 0 Å². The molecule has 31 heavy (non-hydrogen) atoms. The Hall–Kier alpha value is -4.06. The van der Waals surface area contributed by atoms with Gasteiger partial charge in [-0.1, -0.05) is 36.4 Å². The summed E-state index contributed by atoms with van der Waals surface area (Å²) in [6.07, 6.45) is 1.77. The van der Waals surface area contributed by atoms with Crippen LogP contribution in [-0.2, 0) is 4.79 Å². The molecule has 6 heteroatoms. The zero-order valence-electron chi connectivity index (χ0n) is 16.6. The Morgan fingerprint density at radius 1 is 1.03 bits per heavy atom. The maximum absolute atomic E-state index is 13.0. The van der Waals surface area contributed by atoms with Gasteiger partial charge in [-0.05, 0) is 41.5 Å². The second kappa shape index (κ2) is 7.32. The van der Waals surface area contributed by atoms with Crippen LogP contribution in [0.5, 0.6) is 23.0 Å². The number of phenolic OH excluding ortho intramolecular Hbond substituents is 1. The number of Topliss-reactive ketones (excluding diaryl/α,β-unsaturated/α-hetero) is 1. The number of carbonyl (C=O) groups is 2. The molecular formula is C25H18O6. The number of phenols is 1. The summed E-state index contributed by atoms with van der Waals surface area (Å²) in [7, 11) is 1.46. The van der Waals surface area contributed by atoms with Crippen LogP contribution in [0.25, 0.3) is 6.08 Å². The first-order valence-corrected chi connectivity index (χ1v) is 9.79. The predicted octanol–water partition coefficient (Wildman–Crippen LogP) is 4.46. The summed E-state index contributed by atoms with van der Waals surface area (Å²) >= 11 is 0. The highest BCUT2D eigenvalue weighted by atomic mass is 16.5. The van der Waals surface area contributed by atoms with Gasteiger partial charge in [0.05, 0.1) is 19.1 Å². The number of hydrogen-bond donors (Lipinski definition) is 1. The number of rotatable bonds is 3. The molecule has 0 aromatic heterocycles. The van der Waals surface area contributed by atoms with Gasteiger partial charge in [-0.2, -0.15) is 0 Å². The van der Waals surface area contributed by atoms with E-state index in [4.69, 9.17) is 14.2 Å². The molecule has 2 heterocycles. The fourth-order valence-electron chi connectivity index (χ4n) is 4.00. The van der Waals surface area contributed by atoms with Crippen LogP contribution >= 0.6 is 0 Å². The van der Waals surface area contributed by atoms with E-state index in [0.29, 0.717) is 28.4 Å². The van der Waals surface area contributed by atoms with Crippen molar-refractivity contribution in [2.24, 2.45) is 0 Å². The van der Waals surface area contributed by atoms with Crippen LogP contribution < -0.4 is 14.2 Å². The van der Waals surface area contributed by atoms with Gasteiger partial charge in [0.1, 0.15) is 11.5 Å². The summed E-state index contributed by atoms with van der Waals surface area (Å²) in [6, 6.07) is 17.6. The van der Waals surface area contributed by atoms with E-state index in [-0.39, 0.29) is 29.7 Å². The van der Waals surface area contributed by atoms with Crippen LogP contribution in [0.15, 0.2) is 66.4 Å². The Bertz CT molecular complexity index is 1240. The molecule has 5 rings (SSSR count). The zero-order chi connectivity index (χ0) is 21.5. The lowest BCUT2D eigenvalue weighted by Crippen LogP contribution is -2.21. The Morgan fingerprint density at radius 2 is 1.84 bits per heavy atom. The fraction of sp³-hybridized carbons (Fsp3) is 0.120. The normalized spacial score (nSPS) is 18.2. The molecule has 0 saturated heterocycles. The predicted molar refractivity (Wildman–Crippen MR) is 113 cm³/mol. The van der Waals surface area contributed by atoms with Gasteiger partial charge in [-0.25, -0.2) is 0 Å². The van der Waals surface area contributed by atoms with E-state index in [9.17, 15) is 14.7 Å². The molecule has 1 N–H and O–H groups in total. The van der Waals surface area contributed by atoms with E-state index in [1.54, 1.807) is 30.3 Å². The molecule has 1 unspecified atom stereocenters. The van der Waals surface area contributed by atoms with Crippen LogP contribution in [0.4, 0.5) is 0 Å². The van der Waals surface area contributed by atoms with Crippen LogP contribution in [0.2, 0.25) is 0 Å². The van der Waals surface area contributed by atoms with Crippen molar-refractivity contribution >= 4 is 17.8 Å². The summed E-state index contributed by atoms with van der Waals surface area (Å²) in [5.74, 6) is 0.262. The molecule has 0 saturated carbocycles. The molecule has 0 amide bonds. The largest absolute Gasteiger partial charge is 0.504 e. The standard InChI is InChI=1S/C25H18O6/c1-29-20-12-15(7-9-18(20)26)17-13-22(27)30-19-10-8-16-24(28)21(31-25(16)23(17)19)11-14-5-3-2-4-6-14/h2-12,17,26H,13H2,1H3. The maximum atomic E-state index is 13.0. The second-order valence-corrected chi connectivity index (χ2v) is 7.37. The molecule has 0 aliphatic carbocycles. The van der Waals surface area contributed by atoms with Crippen molar-refractivity contribution in [2.75, 3.05) is 7.11 Å². The molecular weight excluding hydrogens is 396 g/mol. The van der Waals surface area contributed by atoms with E-state index < -0.39 is 5.92 Å². The molecule has 1 atom stereocenters. The smallest absolute Gasteiger partial charge is 0.312 e. The number of hydrogen-bond acceptors (Lipinski definition) is 6. The highest BCUT2D eigenvalue weighted by Crippen LogP contribution is 2.49. The third kappa shape index (κ3) is 3.22. The average molecular weight is 414 g/mol. The van der Waals surface area contributed by atoms with Gasteiger partial charge >= 0.3 is 5.97 Å². The Labute approximate surface area is 178 Å². The number of ether oxygens (including phenoxy) is 3. The SMILES string of the molecule is COc1cc(C2CC(=O)Oc3ccc4c(c32)OC(=Cc2ccccc2)C4=O)ccc1O. The van der Waals surface area contributed by atoms with Crippen molar-refractivity contribution in [3.63, 3.8) is 0 Å². The van der Waals surface area contributed by atoms with Crippen molar-refractivity contribution < 1.29 is 28.9 Å². The molecule has 0 bridgehead atoms. The molecule has 0 radical (unpaired) electrons. The van der Waals surface area contributed by atoms with E-state index in [2.05, 4.69) is 0 Å². The second-order valence-electron chi connectivity index (χ2n) is 7.37. The van der Waals surface area contributed by atoms with Crippen molar-refractivity contribution in [2.45, 2.75) is 12.3 Å². The fourth-order valence-corrected chi connectivity index (χ4v) is 4.00. The van der Waals surface area contributed by atoms with Crippen LogP contribution in [0, 0.1) is 0 Å². The van der Waals surface area contributed by atoms with Gasteiger partial charge < -0.3 is 19.3 Å². The highest BCUT2D eigenvalue weighted by Gasteiger charge is 2.38. The minimum atomic E-state index is -0.412. The third-order valence-electron chi connectivity index (χ3n) is 5.48. The third-order valence-corrected chi connectivity index (χ3v) is 5.48. The number of allylic oxidation sites excluding steroid dienone is 1. The monoisotopic (exact) mass is 414 g/mol. The Balaban J connectivity index is 1.63. The zero-order valence-corrected chi connectivity index (χ0v) is 16.6. The lowest BCUT2D eigenvalue weighted by molar-refractivity contribution is -0.135. The number of benzene rings is 3. The molecule has 3 aromatic rings. The molecule has 0 spiro atoms. The van der Waals surface area contributed by atoms with Crippen LogP contribution in [0.3, 0.4) is 0 Å². The summed E-state index contributed by atoms with van der Waals surface area (Å²) < 4.78 is 16.7. The lowest BCUT2D eigenvalue weighted by Gasteiger charge is -2.26. The minimum absolute atomic E-state index is 0.00246. The summed E-state index contributed by atoms with van der Waals surface area (Å²) in [5.41, 5.74) is 2.65. The Kier molecular flexibility index (Phi) is 4.47. The number of fused-ring (bicyclic) bond motifs is 3. The topological polar surface area (TPSA) is 82.1 Å². The van der Waals surface area contributed by atoms with Crippen molar-refractivity contribution in [3.8, 4) is 23.0 Å². The maximum Gasteiger partial charge on any atom is 0.312 e. The number of ketones is 1. The summed E-state index contributed by atoms with van der Waals surface area (Å²) in [4.78, 5) is 25.3. The van der Waals surface area contributed by atoms with E-state index in [0.717, 1.165) is 11.1 Å².